The molecule has 3 rings (SSSR count). The van der Waals surface area contributed by atoms with Gasteiger partial charge in [0.1, 0.15) is 5.82 Å². The first-order valence-corrected chi connectivity index (χ1v) is 10.2. The Morgan fingerprint density at radius 2 is 1.94 bits per heavy atom. The van der Waals surface area contributed by atoms with Crippen molar-refractivity contribution in [2.45, 2.75) is 18.9 Å². The monoisotopic (exact) mass is 442 g/mol. The predicted octanol–water partition coefficient (Wildman–Crippen LogP) is 3.67. The Morgan fingerprint density at radius 1 is 1.19 bits per heavy atom. The number of thiocarbonyl (C=S) groups is 1. The smallest absolute Gasteiger partial charge is 0.247 e. The van der Waals surface area contributed by atoms with Gasteiger partial charge >= 0.3 is 0 Å². The molecule has 0 spiro atoms. The lowest BCUT2D eigenvalue weighted by Gasteiger charge is -2.27. The largest absolute Gasteiger partial charge is 0.493 e. The minimum Gasteiger partial charge on any atom is -0.493 e. The number of carbonyl (C=O) groups is 1. The van der Waals surface area contributed by atoms with Crippen molar-refractivity contribution < 1.29 is 19.0 Å². The predicted molar refractivity (Wildman–Crippen MR) is 124 cm³/mol. The van der Waals surface area contributed by atoms with Crippen LogP contribution in [0.3, 0.4) is 0 Å². The minimum absolute atomic E-state index is 0.237. The summed E-state index contributed by atoms with van der Waals surface area (Å²) in [5.41, 5.74) is 1.26. The number of amides is 1. The second kappa shape index (κ2) is 10.1. The molecule has 8 nitrogen and oxygen atoms in total. The minimum atomic E-state index is -0.348. The van der Waals surface area contributed by atoms with Crippen molar-refractivity contribution in [1.29, 1.82) is 0 Å². The maximum Gasteiger partial charge on any atom is 0.247 e. The van der Waals surface area contributed by atoms with E-state index in [2.05, 4.69) is 27.5 Å². The number of methoxy groups -OCH3 is 3. The Kier molecular flexibility index (Phi) is 7.30. The number of hydrogen-bond acceptors (Lipinski definition) is 6. The Morgan fingerprint density at radius 3 is 2.48 bits per heavy atom. The van der Waals surface area contributed by atoms with E-state index in [1.807, 2.05) is 18.2 Å². The van der Waals surface area contributed by atoms with Crippen LogP contribution in [-0.4, -0.2) is 37.3 Å². The quantitative estimate of drug-likeness (QED) is 0.400. The van der Waals surface area contributed by atoms with Gasteiger partial charge in [-0.15, -0.1) is 0 Å². The van der Waals surface area contributed by atoms with Crippen molar-refractivity contribution in [3.63, 3.8) is 0 Å². The summed E-state index contributed by atoms with van der Waals surface area (Å²) in [6.07, 6.45) is 4.91. The molecular formula is C22H26N4O4S. The topological polar surface area (TPSA) is 93.7 Å². The molecule has 0 bridgehead atoms. The Balaban J connectivity index is 2.03. The van der Waals surface area contributed by atoms with Gasteiger partial charge in [-0.3, -0.25) is 4.79 Å². The highest BCUT2D eigenvalue weighted by molar-refractivity contribution is 7.80. The van der Waals surface area contributed by atoms with Crippen molar-refractivity contribution in [2.75, 3.05) is 32.0 Å². The maximum absolute atomic E-state index is 12.1. The standard InChI is InChI=1S/C22H26N4O4S/c1-5-17(27)24-14-12-15(28-2)20(29-3)21(30-4)18(14)19(13-9-10-13)26-22(31)25-16-8-6-7-11-23-16/h5-8,11-13,19H,1,9-10H2,2-4H3,(H,24,27)(H2,23,25,26,31). The normalized spacial score (nSPS) is 13.5. The van der Waals surface area contributed by atoms with E-state index < -0.39 is 0 Å². The van der Waals surface area contributed by atoms with Gasteiger partial charge in [-0.25, -0.2) is 4.98 Å². The first-order chi connectivity index (χ1) is 15.0. The van der Waals surface area contributed by atoms with Crippen molar-refractivity contribution in [1.82, 2.24) is 10.3 Å². The molecule has 1 aliphatic carbocycles. The molecule has 2 aromatic rings. The molecule has 1 unspecified atom stereocenters. The number of carbonyl (C=O) groups excluding carboxylic acids is 1. The van der Waals surface area contributed by atoms with E-state index >= 15 is 0 Å². The molecule has 1 atom stereocenters. The summed E-state index contributed by atoms with van der Waals surface area (Å²) in [5, 5.41) is 9.73. The van der Waals surface area contributed by atoms with E-state index in [1.54, 1.807) is 26.5 Å². The average Bonchev–Trinajstić information content (AvgIpc) is 3.62. The molecule has 0 saturated heterocycles. The lowest BCUT2D eigenvalue weighted by molar-refractivity contribution is -0.111. The van der Waals surface area contributed by atoms with Crippen molar-refractivity contribution >= 4 is 34.7 Å². The van der Waals surface area contributed by atoms with Gasteiger partial charge in [0.05, 0.1) is 33.1 Å². The molecule has 1 aromatic carbocycles. The molecule has 1 fully saturated rings. The second-order valence-corrected chi connectivity index (χ2v) is 7.34. The van der Waals surface area contributed by atoms with Gasteiger partial charge in [0.15, 0.2) is 16.6 Å². The van der Waals surface area contributed by atoms with Crippen LogP contribution >= 0.6 is 12.2 Å². The zero-order valence-corrected chi connectivity index (χ0v) is 18.5. The third-order valence-corrected chi connectivity index (χ3v) is 5.13. The van der Waals surface area contributed by atoms with Gasteiger partial charge in [-0.1, -0.05) is 12.6 Å². The molecule has 164 valence electrons. The number of anilines is 2. The molecule has 31 heavy (non-hydrogen) atoms. The van der Waals surface area contributed by atoms with E-state index in [0.717, 1.165) is 18.4 Å². The number of rotatable bonds is 9. The molecule has 0 aliphatic heterocycles. The van der Waals surface area contributed by atoms with Crippen LogP contribution in [0.2, 0.25) is 0 Å². The fourth-order valence-electron chi connectivity index (χ4n) is 3.36. The molecule has 3 N–H and O–H groups in total. The number of benzene rings is 1. The first kappa shape index (κ1) is 22.4. The van der Waals surface area contributed by atoms with Crippen LogP contribution in [0, 0.1) is 5.92 Å². The number of aromatic nitrogens is 1. The van der Waals surface area contributed by atoms with Crippen LogP contribution in [0.5, 0.6) is 17.2 Å². The van der Waals surface area contributed by atoms with E-state index in [4.69, 9.17) is 26.4 Å². The fraction of sp³-hybridized carbons (Fsp3) is 0.318. The molecule has 0 radical (unpaired) electrons. The van der Waals surface area contributed by atoms with Gasteiger partial charge in [-0.05, 0) is 49.2 Å². The molecule has 1 aliphatic rings. The number of ether oxygens (including phenoxy) is 3. The Labute approximate surface area is 187 Å². The summed E-state index contributed by atoms with van der Waals surface area (Å²) >= 11 is 5.54. The lowest BCUT2D eigenvalue weighted by atomic mass is 9.97. The second-order valence-electron chi connectivity index (χ2n) is 6.93. The Hall–Kier alpha value is -3.33. The number of nitrogens with one attached hydrogen (secondary N) is 3. The lowest BCUT2D eigenvalue weighted by Crippen LogP contribution is -2.34. The summed E-state index contributed by atoms with van der Waals surface area (Å²) in [5.74, 6) is 1.92. The summed E-state index contributed by atoms with van der Waals surface area (Å²) in [7, 11) is 4.62. The molecule has 1 amide bonds. The van der Waals surface area contributed by atoms with Crippen molar-refractivity contribution in [2.24, 2.45) is 5.92 Å². The van der Waals surface area contributed by atoms with Crippen molar-refractivity contribution in [3.8, 4) is 17.2 Å². The van der Waals surface area contributed by atoms with Gasteiger partial charge in [0.2, 0.25) is 11.7 Å². The van der Waals surface area contributed by atoms with Crippen LogP contribution in [-0.2, 0) is 4.79 Å². The highest BCUT2D eigenvalue weighted by Gasteiger charge is 2.38. The summed E-state index contributed by atoms with van der Waals surface area (Å²) in [6, 6.07) is 7.00. The van der Waals surface area contributed by atoms with E-state index in [0.29, 0.717) is 39.8 Å². The third kappa shape index (κ3) is 5.24. The molecule has 1 aromatic heterocycles. The average molecular weight is 443 g/mol. The number of pyridine rings is 1. The summed E-state index contributed by atoms with van der Waals surface area (Å²) < 4.78 is 16.8. The number of hydrogen-bond donors (Lipinski definition) is 3. The van der Waals surface area contributed by atoms with Crippen LogP contribution in [0.1, 0.15) is 24.4 Å². The molecule has 1 heterocycles. The number of nitrogens with zero attached hydrogens (tertiary/aromatic N) is 1. The molecule has 1 saturated carbocycles. The van der Waals surface area contributed by atoms with Gasteiger partial charge in [-0.2, -0.15) is 0 Å². The highest BCUT2D eigenvalue weighted by Crippen LogP contribution is 2.52. The van der Waals surface area contributed by atoms with Gasteiger partial charge in [0.25, 0.3) is 0 Å². The Bertz CT molecular complexity index is 964. The van der Waals surface area contributed by atoms with Crippen LogP contribution in [0.4, 0.5) is 11.5 Å². The van der Waals surface area contributed by atoms with Crippen LogP contribution in [0.25, 0.3) is 0 Å². The fourth-order valence-corrected chi connectivity index (χ4v) is 3.59. The SMILES string of the molecule is C=CC(=O)Nc1cc(OC)c(OC)c(OC)c1C(NC(=S)Nc1ccccn1)C1CC1. The van der Waals surface area contributed by atoms with Crippen LogP contribution < -0.4 is 30.2 Å². The molecular weight excluding hydrogens is 416 g/mol. The summed E-state index contributed by atoms with van der Waals surface area (Å²) in [6.45, 7) is 3.54. The third-order valence-electron chi connectivity index (χ3n) is 4.91. The van der Waals surface area contributed by atoms with E-state index in [9.17, 15) is 4.79 Å². The van der Waals surface area contributed by atoms with Gasteiger partial charge < -0.3 is 30.2 Å². The van der Waals surface area contributed by atoms with Crippen LogP contribution in [0.15, 0.2) is 43.1 Å². The van der Waals surface area contributed by atoms with E-state index in [1.165, 1.54) is 13.2 Å². The molecule has 9 heteroatoms. The zero-order valence-electron chi connectivity index (χ0n) is 17.7. The van der Waals surface area contributed by atoms with E-state index in [-0.39, 0.29) is 11.9 Å². The van der Waals surface area contributed by atoms with Crippen molar-refractivity contribution in [3.05, 3.63) is 48.7 Å². The van der Waals surface area contributed by atoms with Gasteiger partial charge in [0, 0.05) is 17.8 Å². The highest BCUT2D eigenvalue weighted by atomic mass is 32.1. The summed E-state index contributed by atoms with van der Waals surface area (Å²) in [4.78, 5) is 16.4. The zero-order chi connectivity index (χ0) is 22.4. The maximum atomic E-state index is 12.1. The first-order valence-electron chi connectivity index (χ1n) is 9.77.